The van der Waals surface area contributed by atoms with Gasteiger partial charge in [0.1, 0.15) is 31.5 Å². The molecule has 2 heterocycles. The molecule has 32 heavy (non-hydrogen) atoms. The number of oxime groups is 1. The molecule has 1 aliphatic heterocycles. The number of aliphatic hydroxyl groups is 4. The topological polar surface area (TPSA) is 189 Å². The molecule has 3 rings (SSSR count). The number of nitrogens with zero attached hydrogens (tertiary/aromatic N) is 2. The van der Waals surface area contributed by atoms with Crippen molar-refractivity contribution >= 4 is 39.2 Å². The van der Waals surface area contributed by atoms with E-state index in [0.29, 0.717) is 23.1 Å². The first-order chi connectivity index (χ1) is 15.1. The average Bonchev–Trinajstić information content (AvgIpc) is 3.12. The second-order valence-electron chi connectivity index (χ2n) is 6.72. The van der Waals surface area contributed by atoms with Gasteiger partial charge in [0, 0.05) is 11.6 Å². The summed E-state index contributed by atoms with van der Waals surface area (Å²) in [5, 5.41) is 43.2. The third-order valence-electron chi connectivity index (χ3n) is 4.62. The lowest BCUT2D eigenvalue weighted by atomic mass is 10.0. The summed E-state index contributed by atoms with van der Waals surface area (Å²) in [4.78, 5) is 5.25. The maximum atomic E-state index is 11.0. The van der Waals surface area contributed by atoms with Gasteiger partial charge in [0.25, 0.3) is 0 Å². The number of ether oxygens (including phenoxy) is 1. The Hall–Kier alpha value is -2.11. The van der Waals surface area contributed by atoms with Crippen molar-refractivity contribution in [1.29, 1.82) is 0 Å². The normalized spacial score (nSPS) is 26.8. The van der Waals surface area contributed by atoms with Gasteiger partial charge in [-0.1, -0.05) is 18.2 Å². The number of rotatable bonds is 8. The molecule has 15 heteroatoms. The van der Waals surface area contributed by atoms with Gasteiger partial charge in [-0.2, -0.15) is 13.1 Å². The lowest BCUT2D eigenvalue weighted by Gasteiger charge is -2.38. The first kappa shape index (κ1) is 24.5. The fourth-order valence-corrected chi connectivity index (χ4v) is 4.02. The van der Waals surface area contributed by atoms with Crippen LogP contribution in [0.3, 0.4) is 0 Å². The molecule has 0 spiro atoms. The van der Waals surface area contributed by atoms with E-state index < -0.39 is 46.9 Å². The number of fused-ring (bicyclic) bond motifs is 1. The van der Waals surface area contributed by atoms with E-state index >= 15 is 0 Å². The summed E-state index contributed by atoms with van der Waals surface area (Å²) in [6.45, 7) is -0.634. The quantitative estimate of drug-likeness (QED) is 0.0974. The first-order valence-electron chi connectivity index (χ1n) is 9.14. The maximum absolute atomic E-state index is 11.0. The zero-order chi connectivity index (χ0) is 23.5. The number of para-hydroxylation sites is 1. The van der Waals surface area contributed by atoms with Gasteiger partial charge in [0.05, 0.1) is 30.6 Å². The van der Waals surface area contributed by atoms with E-state index in [1.807, 2.05) is 0 Å². The van der Waals surface area contributed by atoms with E-state index in [9.17, 15) is 28.8 Å². The molecule has 2 aromatic rings. The lowest BCUT2D eigenvalue weighted by Crippen LogP contribution is -2.57. The number of benzene rings is 1. The van der Waals surface area contributed by atoms with Gasteiger partial charge in [-0.05, 0) is 16.8 Å². The molecular weight excluding hydrogens is 472 g/mol. The highest BCUT2D eigenvalue weighted by Gasteiger charge is 2.44. The predicted molar refractivity (Wildman–Crippen MR) is 111 cm³/mol. The highest BCUT2D eigenvalue weighted by atomic mass is 32.3. The van der Waals surface area contributed by atoms with E-state index in [4.69, 9.17) is 18.3 Å². The van der Waals surface area contributed by atoms with Crippen molar-refractivity contribution in [1.82, 2.24) is 4.73 Å². The Balaban J connectivity index is 1.82. The molecule has 1 fully saturated rings. The molecule has 0 bridgehead atoms. The van der Waals surface area contributed by atoms with Gasteiger partial charge in [0.15, 0.2) is 5.44 Å². The molecule has 0 aliphatic carbocycles. The SMILES string of the molecule is COn1cc(C/C(=N/OS(=O)(=O)O)OS[C@@H]2O[C@H](CO)[C@@H](O)[C@H](O)[C@H]2O)c2ccccc21. The van der Waals surface area contributed by atoms with Gasteiger partial charge in [-0.25, -0.2) is 4.28 Å². The summed E-state index contributed by atoms with van der Waals surface area (Å²) in [7, 11) is -3.47. The summed E-state index contributed by atoms with van der Waals surface area (Å²) in [5.74, 6) is -0.344. The monoisotopic (exact) mass is 494 g/mol. The number of aromatic nitrogens is 1. The van der Waals surface area contributed by atoms with Crippen LogP contribution in [-0.2, 0) is 30.0 Å². The van der Waals surface area contributed by atoms with Crippen LogP contribution in [0.15, 0.2) is 35.6 Å². The predicted octanol–water partition coefficient (Wildman–Crippen LogP) is -1.16. The fourth-order valence-electron chi connectivity index (χ4n) is 3.09. The van der Waals surface area contributed by atoms with Gasteiger partial charge < -0.3 is 34.2 Å². The molecule has 0 saturated carbocycles. The summed E-state index contributed by atoms with van der Waals surface area (Å²) in [5.41, 5.74) is 0.0259. The van der Waals surface area contributed by atoms with Crippen LogP contribution in [0.25, 0.3) is 10.9 Å². The third kappa shape index (κ3) is 5.62. The fraction of sp³-hybridized carbons (Fsp3) is 0.471. The Labute approximate surface area is 186 Å². The van der Waals surface area contributed by atoms with Crippen LogP contribution in [0.4, 0.5) is 0 Å². The molecule has 13 nitrogen and oxygen atoms in total. The average molecular weight is 495 g/mol. The summed E-state index contributed by atoms with van der Waals surface area (Å²) >= 11 is 0.447. The number of aliphatic hydroxyl groups excluding tert-OH is 4. The maximum Gasteiger partial charge on any atom is 0.466 e. The van der Waals surface area contributed by atoms with Gasteiger partial charge in [0.2, 0.25) is 5.90 Å². The van der Waals surface area contributed by atoms with E-state index in [0.717, 1.165) is 5.39 Å². The summed E-state index contributed by atoms with van der Waals surface area (Å²) in [6.07, 6.45) is -4.47. The van der Waals surface area contributed by atoms with Crippen LogP contribution in [0, 0.1) is 0 Å². The van der Waals surface area contributed by atoms with Crippen molar-refractivity contribution in [2.24, 2.45) is 5.16 Å². The van der Waals surface area contributed by atoms with Gasteiger partial charge >= 0.3 is 10.4 Å². The van der Waals surface area contributed by atoms with Crippen molar-refractivity contribution in [3.05, 3.63) is 36.0 Å². The highest BCUT2D eigenvalue weighted by molar-refractivity contribution is 7.95. The molecule has 5 atom stereocenters. The van der Waals surface area contributed by atoms with Crippen molar-refractivity contribution < 1.29 is 51.4 Å². The van der Waals surface area contributed by atoms with E-state index in [1.54, 1.807) is 30.5 Å². The summed E-state index contributed by atoms with van der Waals surface area (Å²) < 4.78 is 47.0. The standard InChI is InChI=1S/C17H22N2O11S2/c1-27-19-7-9(10-4-2-3-5-11(10)19)6-13(18-30-32(24,25)26)29-31-17-16(23)15(22)14(21)12(8-20)28-17/h2-5,7,12,14-17,20-23H,6,8H2,1H3,(H,24,25,26)/b18-13-/t12-,14-,15+,16-,17+/m1/s1. The molecule has 1 aromatic carbocycles. The Morgan fingerprint density at radius 2 is 1.94 bits per heavy atom. The zero-order valence-electron chi connectivity index (χ0n) is 16.6. The second-order valence-corrected chi connectivity index (χ2v) is 8.55. The van der Waals surface area contributed by atoms with Crippen molar-refractivity contribution in [3.63, 3.8) is 0 Å². The number of hydrogen-bond donors (Lipinski definition) is 5. The van der Waals surface area contributed by atoms with E-state index in [1.165, 1.54) is 11.8 Å². The second kappa shape index (κ2) is 10.2. The molecule has 0 radical (unpaired) electrons. The minimum atomic E-state index is -4.93. The Morgan fingerprint density at radius 1 is 1.22 bits per heavy atom. The Kier molecular flexibility index (Phi) is 7.84. The van der Waals surface area contributed by atoms with Crippen LogP contribution < -0.4 is 4.84 Å². The smallest absolute Gasteiger partial charge is 0.417 e. The van der Waals surface area contributed by atoms with E-state index in [-0.39, 0.29) is 12.3 Å². The Bertz CT molecular complexity index is 1060. The minimum absolute atomic E-state index is 0.128. The van der Waals surface area contributed by atoms with Crippen molar-refractivity contribution in [3.8, 4) is 0 Å². The van der Waals surface area contributed by atoms with Gasteiger partial charge in [-0.3, -0.25) is 4.55 Å². The number of hydrogen-bond acceptors (Lipinski definition) is 12. The molecule has 1 aliphatic rings. The van der Waals surface area contributed by atoms with Crippen LogP contribution in [0.2, 0.25) is 0 Å². The van der Waals surface area contributed by atoms with Crippen molar-refractivity contribution in [2.75, 3.05) is 13.7 Å². The molecule has 0 unspecified atom stereocenters. The lowest BCUT2D eigenvalue weighted by molar-refractivity contribution is -0.206. The molecule has 1 aromatic heterocycles. The molecule has 178 valence electrons. The van der Waals surface area contributed by atoms with E-state index in [2.05, 4.69) is 9.44 Å². The van der Waals surface area contributed by atoms with Crippen LogP contribution in [0.5, 0.6) is 0 Å². The van der Waals surface area contributed by atoms with Gasteiger partial charge in [-0.15, -0.1) is 0 Å². The minimum Gasteiger partial charge on any atom is -0.417 e. The van der Waals surface area contributed by atoms with Crippen LogP contribution >= 0.6 is 12.0 Å². The first-order valence-corrected chi connectivity index (χ1v) is 11.3. The molecule has 5 N–H and O–H groups in total. The molecular formula is C17H22N2O11S2. The zero-order valence-corrected chi connectivity index (χ0v) is 18.2. The third-order valence-corrected chi connectivity index (χ3v) is 5.75. The largest absolute Gasteiger partial charge is 0.466 e. The van der Waals surface area contributed by atoms with Crippen LogP contribution in [-0.4, -0.2) is 87.6 Å². The molecule has 1 saturated heterocycles. The summed E-state index contributed by atoms with van der Waals surface area (Å²) in [6, 6.07) is 7.15. The van der Waals surface area contributed by atoms with Crippen LogP contribution in [0.1, 0.15) is 5.56 Å². The highest BCUT2D eigenvalue weighted by Crippen LogP contribution is 2.30. The Morgan fingerprint density at radius 3 is 2.59 bits per heavy atom. The molecule has 0 amide bonds. The van der Waals surface area contributed by atoms with Crippen molar-refractivity contribution in [2.45, 2.75) is 36.3 Å².